The average molecular weight is 390 g/mol. The minimum absolute atomic E-state index is 0.177. The van der Waals surface area contributed by atoms with Crippen LogP contribution in [-0.4, -0.2) is 47.2 Å². The quantitative estimate of drug-likeness (QED) is 0.437. The van der Waals surface area contributed by atoms with Gasteiger partial charge < -0.3 is 9.64 Å². The van der Waals surface area contributed by atoms with E-state index in [-0.39, 0.29) is 24.2 Å². The number of para-hydroxylation sites is 1. The molecule has 0 radical (unpaired) electrons. The van der Waals surface area contributed by atoms with Gasteiger partial charge in [0.05, 0.1) is 23.3 Å². The fraction of sp³-hybridized carbons (Fsp3) is 0.333. The van der Waals surface area contributed by atoms with Gasteiger partial charge in [0.25, 0.3) is 11.8 Å². The fourth-order valence-electron chi connectivity index (χ4n) is 3.04. The van der Waals surface area contributed by atoms with Crippen LogP contribution < -0.4 is 4.90 Å². The summed E-state index contributed by atoms with van der Waals surface area (Å²) in [4.78, 5) is 40.5. The van der Waals surface area contributed by atoms with Gasteiger partial charge in [0.1, 0.15) is 4.32 Å². The number of hydrogen-bond acceptors (Lipinski definition) is 6. The highest BCUT2D eigenvalue weighted by Crippen LogP contribution is 2.44. The molecule has 2 aliphatic heterocycles. The molecular formula is C18H18N2O4S2. The monoisotopic (exact) mass is 390 g/mol. The average Bonchev–Trinajstić information content (AvgIpc) is 3.08. The summed E-state index contributed by atoms with van der Waals surface area (Å²) >= 11 is 6.47. The molecule has 6 nitrogen and oxygen atoms in total. The van der Waals surface area contributed by atoms with Crippen molar-refractivity contribution in [2.75, 3.05) is 25.1 Å². The van der Waals surface area contributed by atoms with Crippen LogP contribution >= 0.6 is 24.0 Å². The summed E-state index contributed by atoms with van der Waals surface area (Å²) < 4.78 is 5.01. The van der Waals surface area contributed by atoms with Crippen LogP contribution in [0.1, 0.15) is 25.3 Å². The van der Waals surface area contributed by atoms with Crippen molar-refractivity contribution in [1.82, 2.24) is 4.90 Å². The summed E-state index contributed by atoms with van der Waals surface area (Å²) in [6.45, 7) is 2.75. The largest absolute Gasteiger partial charge is 0.469 e. The van der Waals surface area contributed by atoms with E-state index in [2.05, 4.69) is 4.74 Å². The van der Waals surface area contributed by atoms with E-state index in [1.54, 1.807) is 4.90 Å². The molecule has 0 bridgehead atoms. The first-order chi connectivity index (χ1) is 12.5. The van der Waals surface area contributed by atoms with Crippen LogP contribution in [0.3, 0.4) is 0 Å². The second kappa shape index (κ2) is 7.59. The summed E-state index contributed by atoms with van der Waals surface area (Å²) in [5, 5.41) is 0. The molecule has 0 spiro atoms. The minimum atomic E-state index is -0.327. The fourth-order valence-corrected chi connectivity index (χ4v) is 4.42. The number of benzene rings is 1. The predicted molar refractivity (Wildman–Crippen MR) is 105 cm³/mol. The Hall–Kier alpha value is -2.19. The van der Waals surface area contributed by atoms with Crippen LogP contribution in [0, 0.1) is 0 Å². The zero-order valence-corrected chi connectivity index (χ0v) is 16.1. The zero-order chi connectivity index (χ0) is 18.8. The van der Waals surface area contributed by atoms with Gasteiger partial charge in [-0.25, -0.2) is 0 Å². The lowest BCUT2D eigenvalue weighted by atomic mass is 10.1. The maximum absolute atomic E-state index is 12.9. The van der Waals surface area contributed by atoms with Gasteiger partial charge >= 0.3 is 5.97 Å². The lowest BCUT2D eigenvalue weighted by molar-refractivity contribution is -0.141. The van der Waals surface area contributed by atoms with Crippen LogP contribution in [0.25, 0.3) is 5.57 Å². The molecule has 3 rings (SSSR count). The van der Waals surface area contributed by atoms with Crippen molar-refractivity contribution < 1.29 is 19.1 Å². The van der Waals surface area contributed by atoms with Gasteiger partial charge in [-0.2, -0.15) is 0 Å². The van der Waals surface area contributed by atoms with E-state index in [4.69, 9.17) is 12.2 Å². The summed E-state index contributed by atoms with van der Waals surface area (Å²) in [6.07, 6.45) is 0.665. The summed E-state index contributed by atoms with van der Waals surface area (Å²) in [5.41, 5.74) is 1.98. The van der Waals surface area contributed by atoms with Crippen molar-refractivity contribution in [2.45, 2.75) is 19.8 Å². The Morgan fingerprint density at radius 2 is 1.92 bits per heavy atom. The second-order valence-corrected chi connectivity index (χ2v) is 7.42. The van der Waals surface area contributed by atoms with Crippen LogP contribution in [0.5, 0.6) is 0 Å². The van der Waals surface area contributed by atoms with E-state index in [1.165, 1.54) is 12.0 Å². The number of amides is 2. The number of thioether (sulfide) groups is 1. The number of fused-ring (bicyclic) bond motifs is 1. The van der Waals surface area contributed by atoms with Gasteiger partial charge in [0.2, 0.25) is 0 Å². The third kappa shape index (κ3) is 3.14. The molecule has 0 aliphatic carbocycles. The number of methoxy groups -OCH3 is 1. The first-order valence-electron chi connectivity index (χ1n) is 8.25. The third-order valence-corrected chi connectivity index (χ3v) is 5.75. The van der Waals surface area contributed by atoms with Crippen LogP contribution in [0.4, 0.5) is 5.69 Å². The van der Waals surface area contributed by atoms with Crippen molar-refractivity contribution in [3.8, 4) is 0 Å². The number of nitrogens with zero attached hydrogens (tertiary/aromatic N) is 2. The van der Waals surface area contributed by atoms with Crippen molar-refractivity contribution >= 4 is 57.3 Å². The highest BCUT2D eigenvalue weighted by molar-refractivity contribution is 8.26. The number of hydrogen-bond donors (Lipinski definition) is 0. The molecule has 2 amide bonds. The smallest absolute Gasteiger partial charge is 0.305 e. The van der Waals surface area contributed by atoms with E-state index in [0.29, 0.717) is 34.3 Å². The van der Waals surface area contributed by atoms with E-state index in [0.717, 1.165) is 23.0 Å². The summed E-state index contributed by atoms with van der Waals surface area (Å²) in [6, 6.07) is 7.45. The molecule has 1 fully saturated rings. The van der Waals surface area contributed by atoms with Crippen LogP contribution in [-0.2, 0) is 19.1 Å². The molecule has 1 aromatic rings. The lowest BCUT2D eigenvalue weighted by Gasteiger charge is -2.14. The number of carbonyl (C=O) groups excluding carboxylic acids is 3. The standard InChI is InChI=1S/C18H18N2O4S2/c1-3-19-12-8-5-4-7-11(12)14(16(19)22)15-17(23)20(18(25)26-15)10-6-9-13(21)24-2/h4-5,7-8H,3,6,9-10H2,1-2H3/b15-14-. The van der Waals surface area contributed by atoms with Gasteiger partial charge in [-0.3, -0.25) is 19.3 Å². The predicted octanol–water partition coefficient (Wildman–Crippen LogP) is 2.58. The SMILES string of the molecule is CCN1C(=O)/C(=C2\SC(=S)N(CCCC(=O)OC)C2=O)c2ccccc21. The summed E-state index contributed by atoms with van der Waals surface area (Å²) in [7, 11) is 1.33. The number of rotatable bonds is 5. The Morgan fingerprint density at radius 3 is 2.62 bits per heavy atom. The lowest BCUT2D eigenvalue weighted by Crippen LogP contribution is -2.30. The Labute approximate surface area is 161 Å². The molecule has 8 heteroatoms. The van der Waals surface area contributed by atoms with E-state index in [1.807, 2.05) is 31.2 Å². The molecule has 0 aromatic heterocycles. The van der Waals surface area contributed by atoms with E-state index < -0.39 is 0 Å². The van der Waals surface area contributed by atoms with Crippen molar-refractivity contribution in [3.05, 3.63) is 34.7 Å². The summed E-state index contributed by atoms with van der Waals surface area (Å²) in [5.74, 6) is -0.781. The molecule has 0 saturated carbocycles. The number of carbonyl (C=O) groups is 3. The molecule has 2 heterocycles. The molecule has 0 unspecified atom stereocenters. The molecule has 1 aromatic carbocycles. The van der Waals surface area contributed by atoms with Gasteiger partial charge in [0.15, 0.2) is 0 Å². The van der Waals surface area contributed by atoms with E-state index >= 15 is 0 Å². The van der Waals surface area contributed by atoms with Crippen molar-refractivity contribution in [2.24, 2.45) is 0 Å². The van der Waals surface area contributed by atoms with Crippen LogP contribution in [0.2, 0.25) is 0 Å². The number of anilines is 1. The number of likely N-dealkylation sites (N-methyl/N-ethyl adjacent to an activating group) is 1. The number of ether oxygens (including phenoxy) is 1. The van der Waals surface area contributed by atoms with Gasteiger partial charge in [0, 0.05) is 25.1 Å². The molecule has 0 atom stereocenters. The first-order valence-corrected chi connectivity index (χ1v) is 9.48. The highest BCUT2D eigenvalue weighted by Gasteiger charge is 2.41. The zero-order valence-electron chi connectivity index (χ0n) is 14.5. The number of thiocarbonyl (C=S) groups is 1. The van der Waals surface area contributed by atoms with E-state index in [9.17, 15) is 14.4 Å². The Balaban J connectivity index is 1.90. The second-order valence-electron chi connectivity index (χ2n) is 5.78. The maximum atomic E-state index is 12.9. The maximum Gasteiger partial charge on any atom is 0.305 e. The highest BCUT2D eigenvalue weighted by atomic mass is 32.2. The first kappa shape index (κ1) is 18.6. The van der Waals surface area contributed by atoms with Gasteiger partial charge in [-0.1, -0.05) is 42.2 Å². The molecule has 136 valence electrons. The number of esters is 1. The van der Waals surface area contributed by atoms with Crippen molar-refractivity contribution in [3.63, 3.8) is 0 Å². The molecule has 26 heavy (non-hydrogen) atoms. The molecule has 0 N–H and O–H groups in total. The van der Waals surface area contributed by atoms with Crippen molar-refractivity contribution in [1.29, 1.82) is 0 Å². The van der Waals surface area contributed by atoms with Gasteiger partial charge in [-0.15, -0.1) is 0 Å². The topological polar surface area (TPSA) is 66.9 Å². The Bertz CT molecular complexity index is 834. The third-order valence-electron chi connectivity index (χ3n) is 4.31. The Morgan fingerprint density at radius 1 is 1.19 bits per heavy atom. The molecule has 2 aliphatic rings. The Kier molecular flexibility index (Phi) is 5.43. The minimum Gasteiger partial charge on any atom is -0.469 e. The molecule has 1 saturated heterocycles. The normalized spacial score (nSPS) is 19.4. The van der Waals surface area contributed by atoms with Gasteiger partial charge in [-0.05, 0) is 19.4 Å². The van der Waals surface area contributed by atoms with Crippen LogP contribution in [0.15, 0.2) is 29.2 Å². The molecular weight excluding hydrogens is 372 g/mol.